The Morgan fingerprint density at radius 3 is 3.00 bits per heavy atom. The molecule has 0 aliphatic heterocycles. The minimum atomic E-state index is -1.01. The number of carboxylic acid groups (broad SMARTS) is 1. The third-order valence-corrected chi connectivity index (χ3v) is 3.52. The Kier molecular flexibility index (Phi) is 3.39. The van der Waals surface area contributed by atoms with Gasteiger partial charge in [0, 0.05) is 0 Å². The maximum absolute atomic E-state index is 12.3. The zero-order chi connectivity index (χ0) is 14.8. The monoisotopic (exact) mass is 286 g/mol. The molecule has 1 aromatic carbocycles. The molecule has 0 saturated carbocycles. The Morgan fingerprint density at radius 2 is 2.19 bits per heavy atom. The van der Waals surface area contributed by atoms with E-state index in [-0.39, 0.29) is 24.3 Å². The largest absolute Gasteiger partial charge is 0.480 e. The standard InChI is InChI=1S/C14H14N4O3/c19-12(20)7-18-8-15-14(17-18)16-13(21)11-6-5-9-3-1-2-4-10(9)11/h1-4,8,11H,5-7H2,(H,19,20)(H,16,17,21). The van der Waals surface area contributed by atoms with Crippen LogP contribution in [-0.4, -0.2) is 31.7 Å². The van der Waals surface area contributed by atoms with Crippen LogP contribution >= 0.6 is 0 Å². The van der Waals surface area contributed by atoms with Crippen LogP contribution < -0.4 is 5.32 Å². The average Bonchev–Trinajstić information content (AvgIpc) is 3.04. The summed E-state index contributed by atoms with van der Waals surface area (Å²) >= 11 is 0. The van der Waals surface area contributed by atoms with E-state index in [1.165, 1.54) is 16.6 Å². The van der Waals surface area contributed by atoms with Gasteiger partial charge in [0.05, 0.1) is 5.92 Å². The van der Waals surface area contributed by atoms with E-state index in [2.05, 4.69) is 15.4 Å². The topological polar surface area (TPSA) is 97.1 Å². The highest BCUT2D eigenvalue weighted by Crippen LogP contribution is 2.33. The first-order valence-corrected chi connectivity index (χ1v) is 6.63. The van der Waals surface area contributed by atoms with Crippen molar-refractivity contribution in [2.24, 2.45) is 0 Å². The molecule has 108 valence electrons. The van der Waals surface area contributed by atoms with Gasteiger partial charge < -0.3 is 5.11 Å². The number of aromatic nitrogens is 3. The minimum absolute atomic E-state index is 0.130. The molecule has 0 saturated heterocycles. The first kappa shape index (κ1) is 13.3. The molecule has 0 radical (unpaired) electrons. The second-order valence-electron chi connectivity index (χ2n) is 4.94. The van der Waals surface area contributed by atoms with Crippen molar-refractivity contribution in [1.82, 2.24) is 14.8 Å². The van der Waals surface area contributed by atoms with E-state index in [1.807, 2.05) is 24.3 Å². The summed E-state index contributed by atoms with van der Waals surface area (Å²) in [6.45, 7) is -0.283. The molecule has 3 rings (SSSR count). The van der Waals surface area contributed by atoms with Gasteiger partial charge in [-0.15, -0.1) is 5.10 Å². The van der Waals surface area contributed by atoms with Gasteiger partial charge >= 0.3 is 5.97 Å². The molecule has 1 unspecified atom stereocenters. The van der Waals surface area contributed by atoms with E-state index >= 15 is 0 Å². The number of nitrogens with zero attached hydrogens (tertiary/aromatic N) is 3. The van der Waals surface area contributed by atoms with Crippen LogP contribution in [0.5, 0.6) is 0 Å². The molecule has 21 heavy (non-hydrogen) atoms. The summed E-state index contributed by atoms with van der Waals surface area (Å²) < 4.78 is 1.17. The van der Waals surface area contributed by atoms with E-state index in [1.54, 1.807) is 0 Å². The lowest BCUT2D eigenvalue weighted by Gasteiger charge is -2.09. The third kappa shape index (κ3) is 2.76. The van der Waals surface area contributed by atoms with Crippen molar-refractivity contribution in [3.05, 3.63) is 41.7 Å². The van der Waals surface area contributed by atoms with Crippen molar-refractivity contribution < 1.29 is 14.7 Å². The molecule has 2 aromatic rings. The van der Waals surface area contributed by atoms with Crippen molar-refractivity contribution in [1.29, 1.82) is 0 Å². The maximum atomic E-state index is 12.3. The molecule has 1 aliphatic carbocycles. The molecule has 7 heteroatoms. The van der Waals surface area contributed by atoms with Crippen LogP contribution in [0.15, 0.2) is 30.6 Å². The van der Waals surface area contributed by atoms with Crippen molar-refractivity contribution in [2.75, 3.05) is 5.32 Å². The van der Waals surface area contributed by atoms with Gasteiger partial charge in [-0.1, -0.05) is 24.3 Å². The van der Waals surface area contributed by atoms with Gasteiger partial charge in [0.25, 0.3) is 0 Å². The van der Waals surface area contributed by atoms with Gasteiger partial charge in [-0.2, -0.15) is 0 Å². The first-order valence-electron chi connectivity index (χ1n) is 6.63. The number of benzene rings is 1. The Hall–Kier alpha value is -2.70. The van der Waals surface area contributed by atoms with Crippen LogP contribution in [0, 0.1) is 0 Å². The minimum Gasteiger partial charge on any atom is -0.480 e. The quantitative estimate of drug-likeness (QED) is 0.875. The van der Waals surface area contributed by atoms with Crippen LogP contribution in [0.2, 0.25) is 0 Å². The molecule has 1 aromatic heterocycles. The zero-order valence-corrected chi connectivity index (χ0v) is 11.2. The Morgan fingerprint density at radius 1 is 1.38 bits per heavy atom. The number of aliphatic carboxylic acids is 1. The predicted octanol–water partition coefficient (Wildman–Crippen LogP) is 1.03. The van der Waals surface area contributed by atoms with E-state index in [9.17, 15) is 9.59 Å². The molecule has 0 bridgehead atoms. The Bertz CT molecular complexity index is 695. The van der Waals surface area contributed by atoms with Crippen molar-refractivity contribution in [3.8, 4) is 0 Å². The fourth-order valence-electron chi connectivity index (χ4n) is 2.59. The molecular weight excluding hydrogens is 272 g/mol. The van der Waals surface area contributed by atoms with Crippen LogP contribution in [-0.2, 0) is 22.6 Å². The number of anilines is 1. The van der Waals surface area contributed by atoms with Crippen molar-refractivity contribution in [2.45, 2.75) is 25.3 Å². The lowest BCUT2D eigenvalue weighted by atomic mass is 10.0. The number of fused-ring (bicyclic) bond motifs is 1. The summed E-state index contributed by atoms with van der Waals surface area (Å²) in [5.41, 5.74) is 2.24. The summed E-state index contributed by atoms with van der Waals surface area (Å²) in [6.07, 6.45) is 2.93. The maximum Gasteiger partial charge on any atom is 0.325 e. The lowest BCUT2D eigenvalue weighted by Crippen LogP contribution is -2.20. The molecule has 1 heterocycles. The number of rotatable bonds is 4. The predicted molar refractivity (Wildman–Crippen MR) is 73.8 cm³/mol. The molecule has 1 aliphatic rings. The number of hydrogen-bond donors (Lipinski definition) is 2. The number of nitrogens with one attached hydrogen (secondary N) is 1. The summed E-state index contributed by atoms with van der Waals surface area (Å²) in [5, 5.41) is 15.2. The second-order valence-corrected chi connectivity index (χ2v) is 4.94. The van der Waals surface area contributed by atoms with Gasteiger partial charge in [-0.25, -0.2) is 9.67 Å². The van der Waals surface area contributed by atoms with Crippen LogP contribution in [0.25, 0.3) is 0 Å². The molecule has 0 spiro atoms. The zero-order valence-electron chi connectivity index (χ0n) is 11.2. The summed E-state index contributed by atoms with van der Waals surface area (Å²) in [7, 11) is 0. The second kappa shape index (κ2) is 5.35. The summed E-state index contributed by atoms with van der Waals surface area (Å²) in [5.74, 6) is -1.24. The molecular formula is C14H14N4O3. The summed E-state index contributed by atoms with van der Waals surface area (Å²) in [4.78, 5) is 26.8. The number of aryl methyl sites for hydroxylation is 1. The number of amides is 1. The van der Waals surface area contributed by atoms with Gasteiger partial charge in [0.2, 0.25) is 11.9 Å². The summed E-state index contributed by atoms with van der Waals surface area (Å²) in [6, 6.07) is 7.88. The van der Waals surface area contributed by atoms with Gasteiger partial charge in [0.15, 0.2) is 0 Å². The highest BCUT2D eigenvalue weighted by Gasteiger charge is 2.28. The average molecular weight is 286 g/mol. The fraction of sp³-hybridized carbons (Fsp3) is 0.286. The number of hydrogen-bond acceptors (Lipinski definition) is 4. The fourth-order valence-corrected chi connectivity index (χ4v) is 2.59. The van der Waals surface area contributed by atoms with Crippen molar-refractivity contribution >= 4 is 17.8 Å². The van der Waals surface area contributed by atoms with Crippen LogP contribution in [0.1, 0.15) is 23.5 Å². The van der Waals surface area contributed by atoms with Gasteiger partial charge in [0.1, 0.15) is 12.9 Å². The molecule has 0 fully saturated rings. The van der Waals surface area contributed by atoms with E-state index in [0.29, 0.717) is 0 Å². The highest BCUT2D eigenvalue weighted by atomic mass is 16.4. The molecule has 2 N–H and O–H groups in total. The molecule has 7 nitrogen and oxygen atoms in total. The highest BCUT2D eigenvalue weighted by molar-refractivity contribution is 5.95. The Labute approximate surface area is 120 Å². The molecule has 1 atom stereocenters. The first-order chi connectivity index (χ1) is 10.1. The van der Waals surface area contributed by atoms with Crippen molar-refractivity contribution in [3.63, 3.8) is 0 Å². The third-order valence-electron chi connectivity index (χ3n) is 3.52. The van der Waals surface area contributed by atoms with E-state index in [4.69, 9.17) is 5.11 Å². The van der Waals surface area contributed by atoms with E-state index < -0.39 is 5.97 Å². The molecule has 1 amide bonds. The number of carbonyl (C=O) groups is 2. The van der Waals surface area contributed by atoms with Gasteiger partial charge in [-0.3, -0.25) is 14.9 Å². The van der Waals surface area contributed by atoms with Crippen LogP contribution in [0.3, 0.4) is 0 Å². The number of carbonyl (C=O) groups excluding carboxylic acids is 1. The van der Waals surface area contributed by atoms with Gasteiger partial charge in [-0.05, 0) is 24.0 Å². The normalized spacial score (nSPS) is 16.5. The Balaban J connectivity index is 1.70. The lowest BCUT2D eigenvalue weighted by molar-refractivity contribution is -0.137. The smallest absolute Gasteiger partial charge is 0.325 e. The van der Waals surface area contributed by atoms with E-state index in [0.717, 1.165) is 18.4 Å². The van der Waals surface area contributed by atoms with Crippen LogP contribution in [0.4, 0.5) is 5.95 Å². The number of carboxylic acids is 1. The SMILES string of the molecule is O=C(O)Cn1cnc(NC(=O)C2CCc3ccccc32)n1.